The number of alkyl halides is 1. The van der Waals surface area contributed by atoms with Gasteiger partial charge in [-0.2, -0.15) is 11.8 Å². The number of nitrogens with zero attached hydrogens (tertiary/aromatic N) is 1. The first-order valence-corrected chi connectivity index (χ1v) is 6.55. The van der Waals surface area contributed by atoms with Gasteiger partial charge >= 0.3 is 0 Å². The van der Waals surface area contributed by atoms with E-state index < -0.39 is 0 Å². The molecule has 0 aromatic carbocycles. The van der Waals surface area contributed by atoms with Crippen molar-refractivity contribution in [2.45, 2.75) is 18.1 Å². The number of carbonyl (C=O) groups is 1. The third-order valence-corrected chi connectivity index (χ3v) is 3.71. The monoisotopic (exact) mass is 251 g/mol. The summed E-state index contributed by atoms with van der Waals surface area (Å²) in [5, 5.41) is 1.12. The lowest BCUT2D eigenvalue weighted by atomic mass is 10.1. The van der Waals surface area contributed by atoms with Gasteiger partial charge in [-0.05, 0) is 19.1 Å². The number of hydrogen-bond acceptors (Lipinski definition) is 2. The zero-order valence-electron chi connectivity index (χ0n) is 7.25. The van der Waals surface area contributed by atoms with Crippen molar-refractivity contribution < 1.29 is 4.79 Å². The van der Waals surface area contributed by atoms with Gasteiger partial charge in [0.25, 0.3) is 0 Å². The molecule has 0 aromatic rings. The Bertz CT molecular complexity index is 165. The molecular formula is C8H14BrNOS. The lowest BCUT2D eigenvalue weighted by Gasteiger charge is -2.31. The Hall–Kier alpha value is 0.300. The van der Waals surface area contributed by atoms with Crippen LogP contribution in [0, 0.1) is 0 Å². The second-order valence-corrected chi connectivity index (χ2v) is 4.67. The average molecular weight is 252 g/mol. The lowest BCUT2D eigenvalue weighted by molar-refractivity contribution is -0.128. The van der Waals surface area contributed by atoms with E-state index in [-0.39, 0.29) is 5.91 Å². The molecule has 0 N–H and O–H groups in total. The minimum absolute atomic E-state index is 0.230. The summed E-state index contributed by atoms with van der Waals surface area (Å²) in [5.41, 5.74) is 0. The van der Waals surface area contributed by atoms with Gasteiger partial charge in [0.15, 0.2) is 0 Å². The van der Waals surface area contributed by atoms with Gasteiger partial charge in [0.05, 0.1) is 5.33 Å². The molecule has 1 fully saturated rings. The lowest BCUT2D eigenvalue weighted by Crippen LogP contribution is -2.41. The average Bonchev–Trinajstić information content (AvgIpc) is 2.17. The molecule has 1 aliphatic rings. The number of piperidine rings is 1. The Balaban J connectivity index is 2.40. The van der Waals surface area contributed by atoms with Gasteiger partial charge in [-0.3, -0.25) is 4.79 Å². The van der Waals surface area contributed by atoms with Crippen LogP contribution in [0.15, 0.2) is 0 Å². The van der Waals surface area contributed by atoms with E-state index in [9.17, 15) is 4.79 Å². The van der Waals surface area contributed by atoms with E-state index in [1.54, 1.807) is 0 Å². The highest BCUT2D eigenvalue weighted by molar-refractivity contribution is 9.09. The van der Waals surface area contributed by atoms with Crippen molar-refractivity contribution in [1.29, 1.82) is 0 Å². The normalized spacial score (nSPS) is 24.2. The van der Waals surface area contributed by atoms with Gasteiger partial charge in [0, 0.05) is 18.3 Å². The van der Waals surface area contributed by atoms with Crippen LogP contribution in [0.25, 0.3) is 0 Å². The Morgan fingerprint density at radius 3 is 3.08 bits per heavy atom. The number of hydrogen-bond donors (Lipinski definition) is 0. The van der Waals surface area contributed by atoms with Gasteiger partial charge in [-0.15, -0.1) is 0 Å². The van der Waals surface area contributed by atoms with Gasteiger partial charge in [-0.25, -0.2) is 0 Å². The van der Waals surface area contributed by atoms with E-state index in [4.69, 9.17) is 0 Å². The number of likely N-dealkylation sites (tertiary alicyclic amines) is 1. The van der Waals surface area contributed by atoms with Crippen LogP contribution in [0.2, 0.25) is 0 Å². The molecule has 70 valence electrons. The number of carbonyl (C=O) groups excluding carboxylic acids is 1. The summed E-state index contributed by atoms with van der Waals surface area (Å²) in [6.07, 6.45) is 4.53. The first kappa shape index (κ1) is 10.4. The minimum Gasteiger partial charge on any atom is -0.341 e. The maximum atomic E-state index is 11.3. The fourth-order valence-electron chi connectivity index (χ4n) is 1.44. The quantitative estimate of drug-likeness (QED) is 0.698. The Morgan fingerprint density at radius 2 is 2.50 bits per heavy atom. The molecule has 2 nitrogen and oxygen atoms in total. The maximum Gasteiger partial charge on any atom is 0.233 e. The predicted molar refractivity (Wildman–Crippen MR) is 56.9 cm³/mol. The standard InChI is InChI=1S/C8H14BrNOS/c1-12-7-3-2-4-10(6-7)8(11)5-9/h7H,2-6H2,1H3. The van der Waals surface area contributed by atoms with Gasteiger partial charge in [0.1, 0.15) is 0 Å². The Labute approximate surface area is 86.2 Å². The summed E-state index contributed by atoms with van der Waals surface area (Å²) in [5.74, 6) is 0.230. The molecule has 1 heterocycles. The van der Waals surface area contributed by atoms with Crippen LogP contribution in [-0.2, 0) is 4.79 Å². The molecule has 0 aromatic heterocycles. The Morgan fingerprint density at radius 1 is 1.75 bits per heavy atom. The molecule has 1 amide bonds. The highest BCUT2D eigenvalue weighted by Gasteiger charge is 2.21. The molecule has 1 aliphatic heterocycles. The van der Waals surface area contributed by atoms with Crippen molar-refractivity contribution in [3.8, 4) is 0 Å². The van der Waals surface area contributed by atoms with Crippen molar-refractivity contribution in [1.82, 2.24) is 4.90 Å². The third-order valence-electron chi connectivity index (χ3n) is 2.18. The van der Waals surface area contributed by atoms with Crippen molar-refractivity contribution in [2.24, 2.45) is 0 Å². The molecular weight excluding hydrogens is 238 g/mol. The molecule has 0 spiro atoms. The molecule has 1 unspecified atom stereocenters. The maximum absolute atomic E-state index is 11.3. The van der Waals surface area contributed by atoms with Gasteiger partial charge in [0.2, 0.25) is 5.91 Å². The van der Waals surface area contributed by atoms with Crippen LogP contribution in [0.1, 0.15) is 12.8 Å². The summed E-state index contributed by atoms with van der Waals surface area (Å²) >= 11 is 5.06. The van der Waals surface area contributed by atoms with Crippen molar-refractivity contribution in [3.05, 3.63) is 0 Å². The molecule has 0 aliphatic carbocycles. The van der Waals surface area contributed by atoms with E-state index in [1.807, 2.05) is 16.7 Å². The fourth-order valence-corrected chi connectivity index (χ4v) is 2.53. The smallest absolute Gasteiger partial charge is 0.233 e. The zero-order valence-corrected chi connectivity index (χ0v) is 9.66. The fraction of sp³-hybridized carbons (Fsp3) is 0.875. The third kappa shape index (κ3) is 2.66. The number of thioether (sulfide) groups is 1. The van der Waals surface area contributed by atoms with Crippen LogP contribution >= 0.6 is 27.7 Å². The summed E-state index contributed by atoms with van der Waals surface area (Å²) in [6, 6.07) is 0. The second kappa shape index (κ2) is 5.12. The molecule has 0 bridgehead atoms. The molecule has 1 atom stereocenters. The second-order valence-electron chi connectivity index (χ2n) is 2.97. The van der Waals surface area contributed by atoms with Crippen LogP contribution < -0.4 is 0 Å². The number of amides is 1. The highest BCUT2D eigenvalue weighted by Crippen LogP contribution is 2.20. The number of halogens is 1. The minimum atomic E-state index is 0.230. The van der Waals surface area contributed by atoms with E-state index in [0.29, 0.717) is 10.6 Å². The summed E-state index contributed by atoms with van der Waals surface area (Å²) in [7, 11) is 0. The first-order valence-electron chi connectivity index (χ1n) is 4.14. The molecule has 1 rings (SSSR count). The van der Waals surface area contributed by atoms with Crippen molar-refractivity contribution in [2.75, 3.05) is 24.7 Å². The highest BCUT2D eigenvalue weighted by atomic mass is 79.9. The van der Waals surface area contributed by atoms with Crippen molar-refractivity contribution >= 4 is 33.6 Å². The molecule has 0 saturated carbocycles. The van der Waals surface area contributed by atoms with Crippen LogP contribution in [0.4, 0.5) is 0 Å². The van der Waals surface area contributed by atoms with E-state index in [0.717, 1.165) is 19.5 Å². The predicted octanol–water partition coefficient (Wildman–Crippen LogP) is 1.74. The summed E-state index contributed by atoms with van der Waals surface area (Å²) in [4.78, 5) is 13.3. The van der Waals surface area contributed by atoms with Gasteiger partial charge < -0.3 is 4.90 Å². The summed E-state index contributed by atoms with van der Waals surface area (Å²) < 4.78 is 0. The van der Waals surface area contributed by atoms with E-state index in [1.165, 1.54) is 6.42 Å². The van der Waals surface area contributed by atoms with E-state index in [2.05, 4.69) is 22.2 Å². The molecule has 1 saturated heterocycles. The summed E-state index contributed by atoms with van der Waals surface area (Å²) in [6.45, 7) is 1.88. The van der Waals surface area contributed by atoms with Crippen LogP contribution in [0.5, 0.6) is 0 Å². The molecule has 0 radical (unpaired) electrons. The first-order chi connectivity index (χ1) is 5.77. The molecule has 12 heavy (non-hydrogen) atoms. The SMILES string of the molecule is CSC1CCCN(C(=O)CBr)C1. The zero-order chi connectivity index (χ0) is 8.97. The van der Waals surface area contributed by atoms with Crippen molar-refractivity contribution in [3.63, 3.8) is 0 Å². The number of rotatable bonds is 2. The van der Waals surface area contributed by atoms with Crippen LogP contribution in [-0.4, -0.2) is 40.7 Å². The molecule has 4 heteroatoms. The van der Waals surface area contributed by atoms with Gasteiger partial charge in [-0.1, -0.05) is 15.9 Å². The topological polar surface area (TPSA) is 20.3 Å². The van der Waals surface area contributed by atoms with Crippen LogP contribution in [0.3, 0.4) is 0 Å². The van der Waals surface area contributed by atoms with E-state index >= 15 is 0 Å². The Kier molecular flexibility index (Phi) is 4.43. The largest absolute Gasteiger partial charge is 0.341 e.